The van der Waals surface area contributed by atoms with E-state index in [1.807, 2.05) is 70.1 Å². The van der Waals surface area contributed by atoms with Crippen LogP contribution in [0.25, 0.3) is 0 Å². The monoisotopic (exact) mass is 470 g/mol. The molecule has 0 bridgehead atoms. The normalized spacial score (nSPS) is 11.2. The molecule has 0 radical (unpaired) electrons. The predicted molar refractivity (Wildman–Crippen MR) is 106 cm³/mol. The van der Waals surface area contributed by atoms with Crippen molar-refractivity contribution in [3.05, 3.63) is 70.1 Å². The van der Waals surface area contributed by atoms with Crippen LogP contribution in [0.5, 0.6) is 20.3 Å². The van der Waals surface area contributed by atoms with E-state index in [4.69, 9.17) is 15.1 Å². The molecule has 4 aromatic heterocycles. The van der Waals surface area contributed by atoms with E-state index in [9.17, 15) is 0 Å². The molecule has 4 aromatic rings. The molecule has 0 N–H and O–H groups in total. The molecular weight excluding hydrogens is 457 g/mol. The first-order chi connectivity index (χ1) is 12.3. The summed E-state index contributed by atoms with van der Waals surface area (Å²) in [6.07, 6.45) is 0. The molecule has 4 nitrogen and oxygen atoms in total. The Morgan fingerprint density at radius 1 is 0.480 bits per heavy atom. The molecule has 0 fully saturated rings. The predicted octanol–water partition coefficient (Wildman–Crippen LogP) is 5.98. The summed E-state index contributed by atoms with van der Waals surface area (Å²) < 4.78 is 24.9. The van der Waals surface area contributed by atoms with Crippen LogP contribution in [-0.4, -0.2) is 14.6 Å². The standard InChI is InChI=1S/C16H12GeO4S4/c1-5-13(22-9-1)18-17(19-14-6-2-10-23-14,20-15-7-3-11-24-15)21-16-8-4-12-25-16/h1-12H. The third-order valence-electron chi connectivity index (χ3n) is 2.88. The van der Waals surface area contributed by atoms with Crippen LogP contribution >= 0.6 is 45.3 Å². The Bertz CT molecular complexity index is 707. The molecule has 0 amide bonds. The average molecular weight is 469 g/mol. The second kappa shape index (κ2) is 7.83. The van der Waals surface area contributed by atoms with Crippen LogP contribution in [0, 0.1) is 0 Å². The summed E-state index contributed by atoms with van der Waals surface area (Å²) >= 11 is 1.72. The van der Waals surface area contributed by atoms with E-state index in [0.717, 1.165) is 0 Å². The number of rotatable bonds is 8. The minimum atomic E-state index is -4.21. The summed E-state index contributed by atoms with van der Waals surface area (Å²) in [4.78, 5) is 0. The summed E-state index contributed by atoms with van der Waals surface area (Å²) in [5, 5.41) is 10.6. The Morgan fingerprint density at radius 3 is 0.960 bits per heavy atom. The van der Waals surface area contributed by atoms with Crippen LogP contribution < -0.4 is 15.1 Å². The van der Waals surface area contributed by atoms with E-state index in [2.05, 4.69) is 0 Å². The topological polar surface area (TPSA) is 36.9 Å². The van der Waals surface area contributed by atoms with Crippen molar-refractivity contribution in [1.82, 2.24) is 0 Å². The van der Waals surface area contributed by atoms with Crippen molar-refractivity contribution in [3.8, 4) is 20.3 Å². The quantitative estimate of drug-likeness (QED) is 0.298. The van der Waals surface area contributed by atoms with Gasteiger partial charge in [0.05, 0.1) is 0 Å². The van der Waals surface area contributed by atoms with Crippen LogP contribution in [0.1, 0.15) is 0 Å². The van der Waals surface area contributed by atoms with Gasteiger partial charge in [-0.3, -0.25) is 0 Å². The molecule has 4 heterocycles. The zero-order valence-electron chi connectivity index (χ0n) is 12.7. The fourth-order valence-electron chi connectivity index (χ4n) is 1.90. The summed E-state index contributed by atoms with van der Waals surface area (Å²) in [5.74, 6) is 0. The number of hydrogen-bond acceptors (Lipinski definition) is 8. The van der Waals surface area contributed by atoms with Gasteiger partial charge in [0.15, 0.2) is 0 Å². The summed E-state index contributed by atoms with van der Waals surface area (Å²) in [7, 11) is 0. The summed E-state index contributed by atoms with van der Waals surface area (Å²) in [6, 6.07) is 15.2. The van der Waals surface area contributed by atoms with E-state index in [0.29, 0.717) is 20.3 Å². The van der Waals surface area contributed by atoms with Crippen LogP contribution in [-0.2, 0) is 0 Å². The SMILES string of the molecule is c1csc([O][Ge]([O]c2cccs2)([O]c2cccs2)[O]c2cccs2)c1. The second-order valence-corrected chi connectivity index (χ2v) is 12.1. The van der Waals surface area contributed by atoms with Crippen LogP contribution in [0.4, 0.5) is 0 Å². The molecule has 0 saturated carbocycles. The van der Waals surface area contributed by atoms with Crippen molar-refractivity contribution in [2.45, 2.75) is 0 Å². The van der Waals surface area contributed by atoms with Crippen LogP contribution in [0.2, 0.25) is 0 Å². The molecule has 25 heavy (non-hydrogen) atoms. The molecule has 128 valence electrons. The molecular formula is C16H12GeO4S4. The molecule has 9 heteroatoms. The molecule has 0 aliphatic rings. The maximum absolute atomic E-state index is 6.22. The zero-order chi connectivity index (χ0) is 17.0. The number of thiophene rings is 4. The third-order valence-corrected chi connectivity index (χ3v) is 11.0. The van der Waals surface area contributed by atoms with E-state index >= 15 is 0 Å². The van der Waals surface area contributed by atoms with Crippen molar-refractivity contribution in [3.63, 3.8) is 0 Å². The fourth-order valence-corrected chi connectivity index (χ4v) is 10.4. The molecule has 0 spiro atoms. The van der Waals surface area contributed by atoms with Gasteiger partial charge >= 0.3 is 165 Å². The molecule has 0 aliphatic heterocycles. The summed E-state index contributed by atoms with van der Waals surface area (Å²) in [5.41, 5.74) is 0. The first-order valence-electron chi connectivity index (χ1n) is 7.21. The minimum absolute atomic E-state index is 0.713. The number of hydrogen-bond donors (Lipinski definition) is 0. The van der Waals surface area contributed by atoms with E-state index in [-0.39, 0.29) is 0 Å². The van der Waals surface area contributed by atoms with E-state index < -0.39 is 14.6 Å². The Hall–Kier alpha value is -1.46. The zero-order valence-corrected chi connectivity index (χ0v) is 18.1. The van der Waals surface area contributed by atoms with E-state index in [1.54, 1.807) is 0 Å². The van der Waals surface area contributed by atoms with Gasteiger partial charge in [0.2, 0.25) is 0 Å². The van der Waals surface area contributed by atoms with Gasteiger partial charge < -0.3 is 0 Å². The van der Waals surface area contributed by atoms with Gasteiger partial charge in [-0.25, -0.2) is 0 Å². The van der Waals surface area contributed by atoms with Gasteiger partial charge in [-0.05, 0) is 0 Å². The van der Waals surface area contributed by atoms with Crippen molar-refractivity contribution in [2.24, 2.45) is 0 Å². The summed E-state index contributed by atoms with van der Waals surface area (Å²) in [6.45, 7) is 0. The first kappa shape index (κ1) is 17.0. The van der Waals surface area contributed by atoms with Gasteiger partial charge in [0.25, 0.3) is 0 Å². The Labute approximate surface area is 164 Å². The third kappa shape index (κ3) is 4.39. The van der Waals surface area contributed by atoms with Gasteiger partial charge in [-0.15, -0.1) is 0 Å². The Kier molecular flexibility index (Phi) is 5.32. The molecule has 0 aliphatic carbocycles. The molecule has 0 atom stereocenters. The molecule has 0 saturated heterocycles. The second-order valence-electron chi connectivity index (χ2n) is 4.64. The maximum atomic E-state index is 6.22. The van der Waals surface area contributed by atoms with Crippen LogP contribution in [0.3, 0.4) is 0 Å². The van der Waals surface area contributed by atoms with Crippen molar-refractivity contribution in [2.75, 3.05) is 0 Å². The van der Waals surface area contributed by atoms with Crippen molar-refractivity contribution in [1.29, 1.82) is 0 Å². The molecule has 4 rings (SSSR count). The van der Waals surface area contributed by atoms with Gasteiger partial charge in [-0.1, -0.05) is 0 Å². The van der Waals surface area contributed by atoms with Gasteiger partial charge in [0, 0.05) is 0 Å². The Balaban J connectivity index is 1.70. The fraction of sp³-hybridized carbons (Fsp3) is 0. The van der Waals surface area contributed by atoms with Crippen LogP contribution in [0.15, 0.2) is 70.1 Å². The van der Waals surface area contributed by atoms with Gasteiger partial charge in [0.1, 0.15) is 0 Å². The van der Waals surface area contributed by atoms with E-state index in [1.165, 1.54) is 45.3 Å². The molecule has 0 unspecified atom stereocenters. The van der Waals surface area contributed by atoms with Gasteiger partial charge in [-0.2, -0.15) is 0 Å². The first-order valence-corrected chi connectivity index (χ1v) is 14.2. The van der Waals surface area contributed by atoms with Crippen molar-refractivity contribution < 1.29 is 15.1 Å². The van der Waals surface area contributed by atoms with Crippen molar-refractivity contribution >= 4 is 60.0 Å². The molecule has 0 aromatic carbocycles. The average Bonchev–Trinajstić information content (AvgIpc) is 3.37. The Morgan fingerprint density at radius 2 is 0.760 bits per heavy atom.